The Kier molecular flexibility index (Phi) is 33.0. The Balaban J connectivity index is 2.15. The number of ether oxygens (including phenoxy) is 2. The molecule has 278 valence electrons. The van der Waals surface area contributed by atoms with Crippen molar-refractivity contribution in [3.05, 3.63) is 0 Å². The fourth-order valence-electron chi connectivity index (χ4n) is 6.14. The molecule has 0 bridgehead atoms. The zero-order valence-electron chi connectivity index (χ0n) is 30.9. The molecular weight excluding hydrogens is 627 g/mol. The average Bonchev–Trinajstić information content (AvgIpc) is 3.35. The Labute approximate surface area is 299 Å². The van der Waals surface area contributed by atoms with Crippen LogP contribution >= 0.6 is 21.6 Å². The van der Waals surface area contributed by atoms with Crippen molar-refractivity contribution in [3.8, 4) is 0 Å². The lowest BCUT2D eigenvalue weighted by molar-refractivity contribution is 0.106. The van der Waals surface area contributed by atoms with E-state index in [-0.39, 0.29) is 12.2 Å². The van der Waals surface area contributed by atoms with Crippen molar-refractivity contribution < 1.29 is 19.1 Å². The topological polar surface area (TPSA) is 71.1 Å². The van der Waals surface area contributed by atoms with Gasteiger partial charge in [-0.1, -0.05) is 164 Å². The van der Waals surface area contributed by atoms with E-state index in [1.807, 2.05) is 4.90 Å². The minimum absolute atomic E-state index is 0.150. The summed E-state index contributed by atoms with van der Waals surface area (Å²) in [4.78, 5) is 29.3. The fourth-order valence-corrected chi connectivity index (χ4v) is 7.80. The molecule has 1 heterocycles. The molecule has 0 spiro atoms. The molecule has 1 aliphatic heterocycles. The summed E-state index contributed by atoms with van der Waals surface area (Å²) in [6.07, 6.45) is 30.7. The van der Waals surface area contributed by atoms with E-state index < -0.39 is 0 Å². The molecule has 1 N–H and O–H groups in total. The molecule has 0 aromatic carbocycles. The van der Waals surface area contributed by atoms with Crippen molar-refractivity contribution in [3.63, 3.8) is 0 Å². The first-order chi connectivity index (χ1) is 23.2. The largest absolute Gasteiger partial charge is 0.449 e. The van der Waals surface area contributed by atoms with Gasteiger partial charge in [0.15, 0.2) is 0 Å². The van der Waals surface area contributed by atoms with E-state index in [9.17, 15) is 9.59 Å². The van der Waals surface area contributed by atoms with Crippen LogP contribution in [-0.2, 0) is 9.47 Å². The number of hydrogen-bond acceptors (Lipinski definition) is 7. The first-order valence-electron chi connectivity index (χ1n) is 20.0. The molecule has 9 heteroatoms. The quantitative estimate of drug-likeness (QED) is 0.0553. The van der Waals surface area contributed by atoms with E-state index in [2.05, 4.69) is 24.1 Å². The zero-order chi connectivity index (χ0) is 33.9. The van der Waals surface area contributed by atoms with E-state index in [4.69, 9.17) is 9.47 Å². The van der Waals surface area contributed by atoms with Gasteiger partial charge in [-0.25, -0.2) is 9.59 Å². The number of nitrogens with zero attached hydrogens (tertiary/aromatic N) is 2. The van der Waals surface area contributed by atoms with Gasteiger partial charge in [-0.15, -0.1) is 0 Å². The van der Waals surface area contributed by atoms with Gasteiger partial charge in [0.25, 0.3) is 0 Å². The van der Waals surface area contributed by atoms with Gasteiger partial charge in [-0.2, -0.15) is 0 Å². The van der Waals surface area contributed by atoms with Crippen LogP contribution in [0.2, 0.25) is 0 Å². The van der Waals surface area contributed by atoms with Gasteiger partial charge in [0.2, 0.25) is 0 Å². The lowest BCUT2D eigenvalue weighted by Crippen LogP contribution is -2.35. The minimum Gasteiger partial charge on any atom is -0.449 e. The van der Waals surface area contributed by atoms with Gasteiger partial charge in [-0.3, -0.25) is 0 Å². The number of likely N-dealkylation sites (tertiary alicyclic amines) is 1. The lowest BCUT2D eigenvalue weighted by Gasteiger charge is -2.22. The van der Waals surface area contributed by atoms with Gasteiger partial charge in [0.05, 0.1) is 0 Å². The second kappa shape index (κ2) is 35.0. The third-order valence-corrected chi connectivity index (χ3v) is 11.4. The van der Waals surface area contributed by atoms with Crippen molar-refractivity contribution in [2.45, 2.75) is 168 Å². The van der Waals surface area contributed by atoms with Crippen molar-refractivity contribution in [2.24, 2.45) is 0 Å². The van der Waals surface area contributed by atoms with Crippen LogP contribution < -0.4 is 5.32 Å². The van der Waals surface area contributed by atoms with Gasteiger partial charge in [-0.05, 0) is 38.8 Å². The summed E-state index contributed by atoms with van der Waals surface area (Å²) in [7, 11) is 3.33. The molecule has 0 aromatic rings. The Bertz CT molecular complexity index is 672. The highest BCUT2D eigenvalue weighted by Crippen LogP contribution is 2.20. The molecule has 0 atom stereocenters. The summed E-state index contributed by atoms with van der Waals surface area (Å²) < 4.78 is 11.0. The SMILES string of the molecule is CCCCCCCCCCCCN(CCCCCCCCCCCC)C(=O)OCCSSCCOC(=O)NCCN1CCCCCC1. The highest BCUT2D eigenvalue weighted by atomic mass is 33.1. The van der Waals surface area contributed by atoms with E-state index in [1.165, 1.54) is 141 Å². The predicted molar refractivity (Wildman–Crippen MR) is 206 cm³/mol. The number of nitrogens with one attached hydrogen (secondary N) is 1. The molecule has 1 aliphatic rings. The maximum absolute atomic E-state index is 13.0. The number of alkyl carbamates (subject to hydrolysis) is 1. The van der Waals surface area contributed by atoms with Crippen LogP contribution in [0.25, 0.3) is 0 Å². The van der Waals surface area contributed by atoms with E-state index >= 15 is 0 Å². The molecule has 1 fully saturated rings. The Morgan fingerprint density at radius 1 is 0.596 bits per heavy atom. The summed E-state index contributed by atoms with van der Waals surface area (Å²) in [6.45, 7) is 10.8. The molecule has 0 aromatic heterocycles. The third kappa shape index (κ3) is 29.8. The molecule has 2 amide bonds. The van der Waals surface area contributed by atoms with Crippen molar-refractivity contribution in [2.75, 3.05) is 64.0 Å². The molecule has 0 saturated carbocycles. The molecule has 1 rings (SSSR count). The highest BCUT2D eigenvalue weighted by molar-refractivity contribution is 8.76. The molecule has 1 saturated heterocycles. The van der Waals surface area contributed by atoms with Crippen LogP contribution in [0.5, 0.6) is 0 Å². The second-order valence-corrected chi connectivity index (χ2v) is 16.1. The van der Waals surface area contributed by atoms with Crippen LogP contribution in [0.1, 0.15) is 168 Å². The maximum atomic E-state index is 13.0. The molecule has 0 radical (unpaired) electrons. The minimum atomic E-state index is -0.329. The predicted octanol–water partition coefficient (Wildman–Crippen LogP) is 11.3. The summed E-state index contributed by atoms with van der Waals surface area (Å²) in [6, 6.07) is 0. The summed E-state index contributed by atoms with van der Waals surface area (Å²) in [5.74, 6) is 1.46. The van der Waals surface area contributed by atoms with Crippen LogP contribution in [0.4, 0.5) is 9.59 Å². The zero-order valence-corrected chi connectivity index (χ0v) is 32.5. The number of carbonyl (C=O) groups is 2. The number of carbonyl (C=O) groups excluding carboxylic acids is 2. The average molecular weight is 702 g/mol. The fraction of sp³-hybridized carbons (Fsp3) is 0.947. The molecular formula is C38H75N3O4S2. The maximum Gasteiger partial charge on any atom is 0.409 e. The van der Waals surface area contributed by atoms with Crippen LogP contribution in [0.15, 0.2) is 0 Å². The van der Waals surface area contributed by atoms with Crippen molar-refractivity contribution in [1.29, 1.82) is 0 Å². The number of rotatable bonds is 32. The van der Waals surface area contributed by atoms with Gasteiger partial charge in [0.1, 0.15) is 13.2 Å². The smallest absolute Gasteiger partial charge is 0.409 e. The second-order valence-electron chi connectivity index (χ2n) is 13.4. The number of amides is 2. The Hall–Kier alpha value is -0.800. The Morgan fingerprint density at radius 3 is 1.49 bits per heavy atom. The van der Waals surface area contributed by atoms with Crippen molar-refractivity contribution in [1.82, 2.24) is 15.1 Å². The Morgan fingerprint density at radius 2 is 1.02 bits per heavy atom. The lowest BCUT2D eigenvalue weighted by atomic mass is 10.1. The van der Waals surface area contributed by atoms with E-state index in [0.29, 0.717) is 19.8 Å². The number of unbranched alkanes of at least 4 members (excludes halogenated alkanes) is 18. The van der Waals surface area contributed by atoms with E-state index in [0.717, 1.165) is 57.1 Å². The summed E-state index contributed by atoms with van der Waals surface area (Å²) in [5.41, 5.74) is 0. The molecule has 47 heavy (non-hydrogen) atoms. The molecule has 0 aliphatic carbocycles. The first kappa shape index (κ1) is 44.2. The number of hydrogen-bond donors (Lipinski definition) is 1. The van der Waals surface area contributed by atoms with Crippen LogP contribution in [0, 0.1) is 0 Å². The highest BCUT2D eigenvalue weighted by Gasteiger charge is 2.14. The first-order valence-corrected chi connectivity index (χ1v) is 22.4. The monoisotopic (exact) mass is 702 g/mol. The van der Waals surface area contributed by atoms with E-state index in [1.54, 1.807) is 21.6 Å². The molecule has 0 unspecified atom stereocenters. The third-order valence-electron chi connectivity index (χ3n) is 9.09. The van der Waals surface area contributed by atoms with Crippen LogP contribution in [0.3, 0.4) is 0 Å². The summed E-state index contributed by atoms with van der Waals surface area (Å²) >= 11 is 0. The van der Waals surface area contributed by atoms with Crippen molar-refractivity contribution >= 4 is 33.8 Å². The summed E-state index contributed by atoms with van der Waals surface area (Å²) in [5, 5.41) is 2.87. The standard InChI is InChI=1S/C38H75N3O4S2/c1-3-5-7-9-11-13-15-17-19-25-30-41(31-26-20-18-16-14-12-10-8-6-4-2)38(43)45-34-36-47-46-35-33-44-37(42)39-27-32-40-28-23-21-22-24-29-40/h3-36H2,1-2H3,(H,39,42). The van der Waals surface area contributed by atoms with Gasteiger partial charge < -0.3 is 24.6 Å². The molecule has 7 nitrogen and oxygen atoms in total. The van der Waals surface area contributed by atoms with Gasteiger partial charge >= 0.3 is 12.2 Å². The van der Waals surface area contributed by atoms with Crippen LogP contribution in [-0.4, -0.2) is 86.0 Å². The normalized spacial score (nSPS) is 13.7. The van der Waals surface area contributed by atoms with Gasteiger partial charge in [0, 0.05) is 37.7 Å².